The van der Waals surface area contributed by atoms with Crippen LogP contribution in [-0.4, -0.2) is 46.5 Å². The van der Waals surface area contributed by atoms with Gasteiger partial charge in [-0.1, -0.05) is 61.9 Å². The molecule has 9 heteroatoms. The third-order valence-corrected chi connectivity index (χ3v) is 4.82. The van der Waals surface area contributed by atoms with Crippen molar-refractivity contribution in [3.63, 3.8) is 0 Å². The molecule has 0 bridgehead atoms. The van der Waals surface area contributed by atoms with E-state index in [4.69, 9.17) is 0 Å². The fourth-order valence-electron chi connectivity index (χ4n) is 3.29. The Morgan fingerprint density at radius 2 is 1.87 bits per heavy atom. The first-order valence-corrected chi connectivity index (χ1v) is 9.75. The predicted molar refractivity (Wildman–Crippen MR) is 110 cm³/mol. The molecule has 2 N–H and O–H groups in total. The van der Waals surface area contributed by atoms with E-state index in [1.807, 2.05) is 48.5 Å². The van der Waals surface area contributed by atoms with Gasteiger partial charge in [-0.15, -0.1) is 10.2 Å². The molecule has 0 fully saturated rings. The summed E-state index contributed by atoms with van der Waals surface area (Å²) in [6.45, 7) is 2.55. The lowest BCUT2D eigenvalue weighted by molar-refractivity contribution is 0.0683. The molecule has 4 aromatic rings. The summed E-state index contributed by atoms with van der Waals surface area (Å²) in [4.78, 5) is 15.4. The van der Waals surface area contributed by atoms with Gasteiger partial charge in [0, 0.05) is 12.0 Å². The van der Waals surface area contributed by atoms with Gasteiger partial charge in [0.2, 0.25) is 0 Å². The number of aromatic nitrogens is 7. The topological polar surface area (TPSA) is 122 Å². The first-order chi connectivity index (χ1) is 14.7. The summed E-state index contributed by atoms with van der Waals surface area (Å²) in [5, 5.41) is 27.5. The minimum absolute atomic E-state index is 0.160. The number of hydrogen-bond acceptors (Lipinski definition) is 6. The summed E-state index contributed by atoms with van der Waals surface area (Å²) in [5.41, 5.74) is 3.97. The monoisotopic (exact) mass is 403 g/mol. The highest BCUT2D eigenvalue weighted by Gasteiger charge is 2.15. The molecule has 0 radical (unpaired) electrons. The van der Waals surface area contributed by atoms with Crippen molar-refractivity contribution >= 4 is 5.97 Å². The summed E-state index contributed by atoms with van der Waals surface area (Å²) in [6.07, 6.45) is 2.64. The summed E-state index contributed by atoms with van der Waals surface area (Å²) in [6, 6.07) is 16.0. The van der Waals surface area contributed by atoms with Gasteiger partial charge in [0.15, 0.2) is 5.82 Å². The predicted octanol–water partition coefficient (Wildman–Crippen LogP) is 3.21. The number of nitrogens with one attached hydrogen (secondary N) is 1. The molecule has 0 atom stereocenters. The van der Waals surface area contributed by atoms with Crippen molar-refractivity contribution in [2.75, 3.05) is 0 Å². The number of hydrogen-bond donors (Lipinski definition) is 2. The highest BCUT2D eigenvalue weighted by atomic mass is 16.4. The van der Waals surface area contributed by atoms with Crippen LogP contribution in [0, 0.1) is 0 Å². The third kappa shape index (κ3) is 4.09. The smallest absolute Gasteiger partial charge is 0.375 e. The Hall–Kier alpha value is -3.88. The van der Waals surface area contributed by atoms with E-state index < -0.39 is 5.97 Å². The van der Waals surface area contributed by atoms with Crippen LogP contribution < -0.4 is 0 Å². The average molecular weight is 403 g/mol. The van der Waals surface area contributed by atoms with Crippen molar-refractivity contribution in [3.8, 4) is 22.5 Å². The normalized spacial score (nSPS) is 11.0. The summed E-state index contributed by atoms with van der Waals surface area (Å²) < 4.78 is 1.68. The van der Waals surface area contributed by atoms with E-state index >= 15 is 0 Å². The van der Waals surface area contributed by atoms with E-state index in [1.165, 1.54) is 0 Å². The highest BCUT2D eigenvalue weighted by Crippen LogP contribution is 2.29. The molecule has 0 saturated heterocycles. The van der Waals surface area contributed by atoms with Crippen molar-refractivity contribution in [2.24, 2.45) is 0 Å². The number of tetrazole rings is 1. The van der Waals surface area contributed by atoms with Crippen LogP contribution in [0.1, 0.15) is 41.8 Å². The van der Waals surface area contributed by atoms with E-state index in [9.17, 15) is 9.90 Å². The molecule has 0 aliphatic heterocycles. The van der Waals surface area contributed by atoms with Crippen LogP contribution >= 0.6 is 0 Å². The van der Waals surface area contributed by atoms with Crippen LogP contribution in [0.3, 0.4) is 0 Å². The number of aryl methyl sites for hydroxylation is 1. The molecule has 4 rings (SSSR count). The zero-order chi connectivity index (χ0) is 20.9. The van der Waals surface area contributed by atoms with Gasteiger partial charge in [-0.2, -0.15) is 0 Å². The van der Waals surface area contributed by atoms with Crippen LogP contribution in [0.4, 0.5) is 0 Å². The Bertz CT molecular complexity index is 1130. The quantitative estimate of drug-likeness (QED) is 0.463. The lowest BCUT2D eigenvalue weighted by atomic mass is 9.98. The lowest BCUT2D eigenvalue weighted by Gasteiger charge is -2.09. The molecule has 9 nitrogen and oxygen atoms in total. The van der Waals surface area contributed by atoms with E-state index in [-0.39, 0.29) is 5.82 Å². The van der Waals surface area contributed by atoms with Crippen LogP contribution in [0.15, 0.2) is 48.5 Å². The Kier molecular flexibility index (Phi) is 5.60. The van der Waals surface area contributed by atoms with Gasteiger partial charge >= 0.3 is 5.97 Å². The number of benzene rings is 2. The molecule has 2 aromatic carbocycles. The molecule has 2 aromatic heterocycles. The van der Waals surface area contributed by atoms with Crippen LogP contribution in [-0.2, 0) is 13.0 Å². The number of H-pyrrole nitrogens is 1. The second-order valence-electron chi connectivity index (χ2n) is 6.91. The van der Waals surface area contributed by atoms with Gasteiger partial charge in [-0.3, -0.25) is 0 Å². The SMILES string of the molecule is CCCCc1nc(C(=O)O)nn1Cc1ccc(-c2ccccc2-c2nnn[nH]2)cc1. The van der Waals surface area contributed by atoms with E-state index in [0.717, 1.165) is 35.1 Å². The molecule has 0 aliphatic rings. The maximum absolute atomic E-state index is 11.3. The molecule has 0 aliphatic carbocycles. The Balaban J connectivity index is 1.59. The van der Waals surface area contributed by atoms with E-state index in [1.54, 1.807) is 4.68 Å². The number of nitrogens with zero attached hydrogens (tertiary/aromatic N) is 6. The summed E-state index contributed by atoms with van der Waals surface area (Å²) >= 11 is 0. The number of aromatic amines is 1. The van der Waals surface area contributed by atoms with E-state index in [2.05, 4.69) is 37.6 Å². The van der Waals surface area contributed by atoms with Crippen LogP contribution in [0.25, 0.3) is 22.5 Å². The first kappa shape index (κ1) is 19.4. The molecule has 0 saturated carbocycles. The molecule has 0 amide bonds. The molecular weight excluding hydrogens is 382 g/mol. The highest BCUT2D eigenvalue weighted by molar-refractivity contribution is 5.83. The standard InChI is InChI=1S/C21H21N7O2/c1-2-3-8-18-22-20(21(29)30)25-28(18)13-14-9-11-15(12-10-14)16-6-4-5-7-17(16)19-23-26-27-24-19/h4-7,9-12H,2-3,8,13H2,1H3,(H,29,30)(H,23,24,26,27). The first-order valence-electron chi connectivity index (χ1n) is 9.75. The van der Waals surface area contributed by atoms with Gasteiger partial charge in [-0.25, -0.2) is 19.6 Å². The van der Waals surface area contributed by atoms with Gasteiger partial charge in [0.05, 0.1) is 6.54 Å². The molecule has 0 unspecified atom stereocenters. The maximum Gasteiger partial charge on any atom is 0.375 e. The van der Waals surface area contributed by atoms with Crippen molar-refractivity contribution in [1.82, 2.24) is 35.4 Å². The third-order valence-electron chi connectivity index (χ3n) is 4.82. The van der Waals surface area contributed by atoms with Gasteiger partial charge < -0.3 is 5.11 Å². The Morgan fingerprint density at radius 1 is 1.10 bits per heavy atom. The number of rotatable bonds is 8. The lowest BCUT2D eigenvalue weighted by Crippen LogP contribution is -2.07. The van der Waals surface area contributed by atoms with Gasteiger partial charge in [-0.05, 0) is 33.5 Å². The molecule has 2 heterocycles. The number of unbranched alkanes of at least 4 members (excludes halogenated alkanes) is 1. The van der Waals surface area contributed by atoms with Gasteiger partial charge in [0.25, 0.3) is 5.82 Å². The van der Waals surface area contributed by atoms with Crippen LogP contribution in [0.2, 0.25) is 0 Å². The fourth-order valence-corrected chi connectivity index (χ4v) is 3.29. The average Bonchev–Trinajstić information content (AvgIpc) is 3.43. The molecule has 152 valence electrons. The summed E-state index contributed by atoms with van der Waals surface area (Å²) in [7, 11) is 0. The number of carbonyl (C=O) groups is 1. The van der Waals surface area contributed by atoms with E-state index in [0.29, 0.717) is 24.6 Å². The van der Waals surface area contributed by atoms with Crippen LogP contribution in [0.5, 0.6) is 0 Å². The van der Waals surface area contributed by atoms with Gasteiger partial charge in [0.1, 0.15) is 5.82 Å². The minimum Gasteiger partial charge on any atom is -0.475 e. The summed E-state index contributed by atoms with van der Waals surface area (Å²) in [5.74, 6) is 0.0354. The van der Waals surface area contributed by atoms with Crippen molar-refractivity contribution < 1.29 is 9.90 Å². The van der Waals surface area contributed by atoms with Crippen molar-refractivity contribution in [3.05, 3.63) is 65.7 Å². The molecule has 0 spiro atoms. The second kappa shape index (κ2) is 8.64. The largest absolute Gasteiger partial charge is 0.475 e. The van der Waals surface area contributed by atoms with Crippen molar-refractivity contribution in [2.45, 2.75) is 32.7 Å². The Morgan fingerprint density at radius 3 is 2.53 bits per heavy atom. The number of carboxylic acid groups (broad SMARTS) is 1. The Labute approximate surface area is 172 Å². The minimum atomic E-state index is -1.11. The maximum atomic E-state index is 11.3. The zero-order valence-corrected chi connectivity index (χ0v) is 16.5. The number of aromatic carboxylic acids is 1. The second-order valence-corrected chi connectivity index (χ2v) is 6.91. The molecular formula is C21H21N7O2. The number of carboxylic acids is 1. The molecule has 30 heavy (non-hydrogen) atoms. The zero-order valence-electron chi connectivity index (χ0n) is 16.5. The van der Waals surface area contributed by atoms with Crippen molar-refractivity contribution in [1.29, 1.82) is 0 Å². The fraction of sp³-hybridized carbons (Fsp3) is 0.238.